The number of ether oxygens (including phenoxy) is 2. The Morgan fingerprint density at radius 3 is 2.46 bits per heavy atom. The lowest BCUT2D eigenvalue weighted by Crippen LogP contribution is -2.29. The topological polar surface area (TPSA) is 96.7 Å². The Kier molecular flexibility index (Phi) is 5.70. The number of hydrogen-bond acceptors (Lipinski definition) is 6. The molecule has 3 rings (SSSR count). The summed E-state index contributed by atoms with van der Waals surface area (Å²) in [5.74, 6) is -0.897. The minimum absolute atomic E-state index is 0.120. The zero-order valence-electron chi connectivity index (χ0n) is 15.3. The number of carbonyl (C=O) groups excluding carboxylic acids is 3. The summed E-state index contributed by atoms with van der Waals surface area (Å²) >= 11 is 0. The van der Waals surface area contributed by atoms with Crippen molar-refractivity contribution in [2.75, 3.05) is 18.1 Å². The maximum atomic E-state index is 12.8. The number of amides is 2. The molecule has 28 heavy (non-hydrogen) atoms. The lowest BCUT2D eigenvalue weighted by Gasteiger charge is -2.14. The van der Waals surface area contributed by atoms with Crippen LogP contribution in [0.15, 0.2) is 42.5 Å². The number of nitriles is 1. The first-order valence-corrected chi connectivity index (χ1v) is 8.86. The molecule has 7 nitrogen and oxygen atoms in total. The van der Waals surface area contributed by atoms with Crippen molar-refractivity contribution < 1.29 is 23.9 Å². The van der Waals surface area contributed by atoms with Crippen LogP contribution in [0.1, 0.15) is 50.8 Å². The predicted octanol–water partition coefficient (Wildman–Crippen LogP) is 3.35. The van der Waals surface area contributed by atoms with Crippen LogP contribution in [-0.2, 0) is 4.74 Å². The van der Waals surface area contributed by atoms with E-state index in [2.05, 4.69) is 0 Å². The molecule has 2 amide bonds. The van der Waals surface area contributed by atoms with Crippen LogP contribution in [0.3, 0.4) is 0 Å². The fourth-order valence-electron chi connectivity index (χ4n) is 2.86. The van der Waals surface area contributed by atoms with E-state index in [1.54, 1.807) is 24.3 Å². The van der Waals surface area contributed by atoms with Gasteiger partial charge in [-0.05, 0) is 55.8 Å². The van der Waals surface area contributed by atoms with E-state index in [9.17, 15) is 14.4 Å². The van der Waals surface area contributed by atoms with Crippen LogP contribution in [0, 0.1) is 11.3 Å². The molecule has 2 aromatic carbocycles. The first-order valence-electron chi connectivity index (χ1n) is 8.86. The summed E-state index contributed by atoms with van der Waals surface area (Å²) in [4.78, 5) is 38.6. The second-order valence-corrected chi connectivity index (χ2v) is 6.03. The van der Waals surface area contributed by atoms with Crippen molar-refractivity contribution in [3.05, 3.63) is 59.2 Å². The fourth-order valence-corrected chi connectivity index (χ4v) is 2.86. The third kappa shape index (κ3) is 3.71. The third-order valence-corrected chi connectivity index (χ3v) is 4.19. The van der Waals surface area contributed by atoms with Crippen molar-refractivity contribution in [3.63, 3.8) is 0 Å². The molecule has 1 aliphatic rings. The summed E-state index contributed by atoms with van der Waals surface area (Å²) in [5.41, 5.74) is 1.01. The molecular formula is C21H18N2O5. The lowest BCUT2D eigenvalue weighted by atomic mass is 10.1. The molecule has 1 aliphatic heterocycles. The minimum Gasteiger partial charge on any atom is -0.494 e. The highest BCUT2D eigenvalue weighted by Gasteiger charge is 2.37. The van der Waals surface area contributed by atoms with E-state index in [1.807, 2.05) is 13.0 Å². The average molecular weight is 378 g/mol. The van der Waals surface area contributed by atoms with Gasteiger partial charge < -0.3 is 9.47 Å². The first kappa shape index (κ1) is 19.1. The standard InChI is InChI=1S/C21H18N2O5/c1-2-27-16-8-6-15(7-9-16)23-19(24)17-10-5-14(13-18(17)20(23)25)21(26)28-12-4-3-11-22/h5-10,13H,2-4,12H2,1H3. The Morgan fingerprint density at radius 1 is 1.07 bits per heavy atom. The van der Waals surface area contributed by atoms with E-state index < -0.39 is 17.8 Å². The molecule has 2 aromatic rings. The molecule has 0 fully saturated rings. The van der Waals surface area contributed by atoms with E-state index in [0.29, 0.717) is 30.9 Å². The molecular weight excluding hydrogens is 360 g/mol. The molecule has 0 aliphatic carbocycles. The van der Waals surface area contributed by atoms with Gasteiger partial charge in [0.15, 0.2) is 0 Å². The Labute approximate surface area is 162 Å². The number of carbonyl (C=O) groups is 3. The summed E-state index contributed by atoms with van der Waals surface area (Å²) in [5, 5.41) is 8.50. The number of nitrogens with zero attached hydrogens (tertiary/aromatic N) is 2. The van der Waals surface area contributed by atoms with Gasteiger partial charge in [0.2, 0.25) is 0 Å². The average Bonchev–Trinajstić information content (AvgIpc) is 2.96. The second kappa shape index (κ2) is 8.35. The molecule has 142 valence electrons. The minimum atomic E-state index is -0.597. The largest absolute Gasteiger partial charge is 0.494 e. The van der Waals surface area contributed by atoms with Crippen molar-refractivity contribution in [2.45, 2.75) is 19.8 Å². The number of imide groups is 1. The number of benzene rings is 2. The lowest BCUT2D eigenvalue weighted by molar-refractivity contribution is 0.0501. The monoisotopic (exact) mass is 378 g/mol. The van der Waals surface area contributed by atoms with E-state index in [1.165, 1.54) is 18.2 Å². The van der Waals surface area contributed by atoms with E-state index in [0.717, 1.165) is 4.90 Å². The van der Waals surface area contributed by atoms with Crippen LogP contribution in [0.2, 0.25) is 0 Å². The van der Waals surface area contributed by atoms with Gasteiger partial charge in [0.25, 0.3) is 11.8 Å². The fraction of sp³-hybridized carbons (Fsp3) is 0.238. The SMILES string of the molecule is CCOc1ccc(N2C(=O)c3ccc(C(=O)OCCCC#N)cc3C2=O)cc1. The highest BCUT2D eigenvalue weighted by molar-refractivity contribution is 6.34. The first-order chi connectivity index (χ1) is 13.6. The van der Waals surface area contributed by atoms with E-state index in [4.69, 9.17) is 14.7 Å². The Balaban J connectivity index is 1.79. The van der Waals surface area contributed by atoms with Crippen LogP contribution in [0.5, 0.6) is 5.75 Å². The zero-order chi connectivity index (χ0) is 20.1. The van der Waals surface area contributed by atoms with Crippen molar-refractivity contribution in [2.24, 2.45) is 0 Å². The van der Waals surface area contributed by atoms with Gasteiger partial charge in [0.1, 0.15) is 5.75 Å². The quantitative estimate of drug-likeness (QED) is 0.416. The van der Waals surface area contributed by atoms with Gasteiger partial charge in [-0.25, -0.2) is 9.69 Å². The molecule has 0 N–H and O–H groups in total. The van der Waals surface area contributed by atoms with Gasteiger partial charge in [-0.15, -0.1) is 0 Å². The van der Waals surface area contributed by atoms with Gasteiger partial charge in [0.05, 0.1) is 41.7 Å². The summed E-state index contributed by atoms with van der Waals surface area (Å²) in [6, 6.07) is 12.9. The molecule has 0 radical (unpaired) electrons. The molecule has 0 unspecified atom stereocenters. The maximum Gasteiger partial charge on any atom is 0.338 e. The van der Waals surface area contributed by atoms with Crippen molar-refractivity contribution in [3.8, 4) is 11.8 Å². The number of rotatable bonds is 7. The second-order valence-electron chi connectivity index (χ2n) is 6.03. The van der Waals surface area contributed by atoms with Crippen molar-refractivity contribution >= 4 is 23.5 Å². The number of esters is 1. The summed E-state index contributed by atoms with van der Waals surface area (Å²) in [7, 11) is 0. The molecule has 0 saturated carbocycles. The van der Waals surface area contributed by atoms with Gasteiger partial charge in [-0.1, -0.05) is 0 Å². The van der Waals surface area contributed by atoms with Gasteiger partial charge in [0, 0.05) is 6.42 Å². The van der Waals surface area contributed by atoms with Crippen LogP contribution in [-0.4, -0.2) is 31.0 Å². The maximum absolute atomic E-state index is 12.8. The van der Waals surface area contributed by atoms with Crippen molar-refractivity contribution in [1.29, 1.82) is 5.26 Å². The number of fused-ring (bicyclic) bond motifs is 1. The molecule has 0 bridgehead atoms. The smallest absolute Gasteiger partial charge is 0.338 e. The van der Waals surface area contributed by atoms with Crippen LogP contribution in [0.25, 0.3) is 0 Å². The van der Waals surface area contributed by atoms with E-state index >= 15 is 0 Å². The normalized spacial score (nSPS) is 12.5. The predicted molar refractivity (Wildman–Crippen MR) is 100 cm³/mol. The van der Waals surface area contributed by atoms with E-state index in [-0.39, 0.29) is 23.3 Å². The number of hydrogen-bond donors (Lipinski definition) is 0. The molecule has 0 aromatic heterocycles. The highest BCUT2D eigenvalue weighted by atomic mass is 16.5. The third-order valence-electron chi connectivity index (χ3n) is 4.19. The Morgan fingerprint density at radius 2 is 1.79 bits per heavy atom. The van der Waals surface area contributed by atoms with Crippen LogP contribution < -0.4 is 9.64 Å². The van der Waals surface area contributed by atoms with Gasteiger partial charge in [-0.3, -0.25) is 9.59 Å². The highest BCUT2D eigenvalue weighted by Crippen LogP contribution is 2.30. The Bertz CT molecular complexity index is 960. The molecule has 0 atom stereocenters. The molecule has 0 saturated heterocycles. The molecule has 7 heteroatoms. The summed E-state index contributed by atoms with van der Waals surface area (Å²) < 4.78 is 10.5. The summed E-state index contributed by atoms with van der Waals surface area (Å²) in [6.45, 7) is 2.50. The zero-order valence-corrected chi connectivity index (χ0v) is 15.3. The van der Waals surface area contributed by atoms with Gasteiger partial charge in [-0.2, -0.15) is 5.26 Å². The Hall–Kier alpha value is -3.66. The van der Waals surface area contributed by atoms with Crippen molar-refractivity contribution in [1.82, 2.24) is 0 Å². The number of unbranched alkanes of at least 4 members (excludes halogenated alkanes) is 1. The van der Waals surface area contributed by atoms with Crippen LogP contribution in [0.4, 0.5) is 5.69 Å². The molecule has 1 heterocycles. The van der Waals surface area contributed by atoms with Crippen LogP contribution >= 0.6 is 0 Å². The van der Waals surface area contributed by atoms with Gasteiger partial charge >= 0.3 is 5.97 Å². The summed E-state index contributed by atoms with van der Waals surface area (Å²) in [6.07, 6.45) is 0.734. The number of anilines is 1. The molecule has 0 spiro atoms.